The fraction of sp³-hybridized carbons (Fsp3) is 0.857. The zero-order chi connectivity index (χ0) is 14.4. The zero-order valence-electron chi connectivity index (χ0n) is 12.2. The number of amides is 1. The molecule has 1 saturated heterocycles. The van der Waals surface area contributed by atoms with Crippen LogP contribution in [-0.2, 0) is 14.3 Å². The van der Waals surface area contributed by atoms with E-state index in [0.29, 0.717) is 31.8 Å². The van der Waals surface area contributed by atoms with E-state index in [-0.39, 0.29) is 17.8 Å². The molecule has 2 atom stereocenters. The molecule has 0 aromatic carbocycles. The third-order valence-corrected chi connectivity index (χ3v) is 3.65. The molecule has 0 bridgehead atoms. The fourth-order valence-electron chi connectivity index (χ4n) is 2.74. The number of likely N-dealkylation sites (tertiary alicyclic amines) is 1. The van der Waals surface area contributed by atoms with Gasteiger partial charge in [-0.05, 0) is 37.6 Å². The summed E-state index contributed by atoms with van der Waals surface area (Å²) in [7, 11) is 1.37. The van der Waals surface area contributed by atoms with Crippen LogP contribution in [-0.4, -0.2) is 43.0 Å². The van der Waals surface area contributed by atoms with Crippen molar-refractivity contribution < 1.29 is 14.3 Å². The molecule has 1 aliphatic rings. The lowest BCUT2D eigenvalue weighted by atomic mass is 9.93. The van der Waals surface area contributed by atoms with E-state index in [0.717, 1.165) is 12.8 Å². The number of methoxy groups -OCH3 is 1. The maximum Gasteiger partial charge on any atom is 0.328 e. The number of esters is 1. The zero-order valence-corrected chi connectivity index (χ0v) is 12.2. The van der Waals surface area contributed by atoms with Crippen LogP contribution in [0.25, 0.3) is 0 Å². The van der Waals surface area contributed by atoms with Crippen molar-refractivity contribution in [1.82, 2.24) is 4.90 Å². The van der Waals surface area contributed by atoms with Gasteiger partial charge in [-0.2, -0.15) is 0 Å². The van der Waals surface area contributed by atoms with Gasteiger partial charge < -0.3 is 15.4 Å². The molecule has 1 rings (SSSR count). The van der Waals surface area contributed by atoms with Gasteiger partial charge >= 0.3 is 5.97 Å². The molecule has 5 heteroatoms. The molecule has 0 aromatic rings. The average Bonchev–Trinajstić information content (AvgIpc) is 2.85. The highest BCUT2D eigenvalue weighted by molar-refractivity contribution is 5.85. The first-order valence-corrected chi connectivity index (χ1v) is 7.07. The van der Waals surface area contributed by atoms with Gasteiger partial charge in [-0.1, -0.05) is 13.8 Å². The summed E-state index contributed by atoms with van der Waals surface area (Å²) in [5.41, 5.74) is 5.73. The Hall–Kier alpha value is -1.10. The molecule has 0 aromatic heterocycles. The van der Waals surface area contributed by atoms with Crippen LogP contribution in [0.3, 0.4) is 0 Å². The minimum absolute atomic E-state index is 0.0315. The SMILES string of the molecule is COC(=O)C1CCCN1C(=O)CC(CN)CC(C)C. The van der Waals surface area contributed by atoms with E-state index in [2.05, 4.69) is 13.8 Å². The Morgan fingerprint density at radius 3 is 2.63 bits per heavy atom. The lowest BCUT2D eigenvalue weighted by molar-refractivity contribution is -0.151. The molecule has 0 spiro atoms. The molecule has 19 heavy (non-hydrogen) atoms. The second-order valence-corrected chi connectivity index (χ2v) is 5.70. The molecule has 1 fully saturated rings. The summed E-state index contributed by atoms with van der Waals surface area (Å²) in [6, 6.07) is -0.394. The van der Waals surface area contributed by atoms with Crippen molar-refractivity contribution in [2.24, 2.45) is 17.6 Å². The Morgan fingerprint density at radius 1 is 1.42 bits per heavy atom. The van der Waals surface area contributed by atoms with Crippen molar-refractivity contribution in [3.63, 3.8) is 0 Å². The molecule has 1 heterocycles. The molecule has 0 saturated carbocycles. The molecule has 0 radical (unpaired) electrons. The highest BCUT2D eigenvalue weighted by Crippen LogP contribution is 2.22. The Kier molecular flexibility index (Phi) is 6.28. The van der Waals surface area contributed by atoms with Gasteiger partial charge in [0.05, 0.1) is 7.11 Å². The minimum atomic E-state index is -0.394. The van der Waals surface area contributed by atoms with Crippen LogP contribution in [0.5, 0.6) is 0 Å². The maximum absolute atomic E-state index is 12.3. The average molecular weight is 270 g/mol. The fourth-order valence-corrected chi connectivity index (χ4v) is 2.74. The minimum Gasteiger partial charge on any atom is -0.467 e. The van der Waals surface area contributed by atoms with E-state index in [1.807, 2.05) is 0 Å². The number of hydrogen-bond acceptors (Lipinski definition) is 4. The lowest BCUT2D eigenvalue weighted by Crippen LogP contribution is -2.42. The third-order valence-electron chi connectivity index (χ3n) is 3.65. The smallest absolute Gasteiger partial charge is 0.328 e. The van der Waals surface area contributed by atoms with Crippen LogP contribution < -0.4 is 5.73 Å². The molecule has 1 aliphatic heterocycles. The van der Waals surface area contributed by atoms with Crippen molar-refractivity contribution in [2.45, 2.75) is 45.6 Å². The number of hydrogen-bond donors (Lipinski definition) is 1. The van der Waals surface area contributed by atoms with Gasteiger partial charge in [-0.25, -0.2) is 4.79 Å². The quantitative estimate of drug-likeness (QED) is 0.735. The van der Waals surface area contributed by atoms with E-state index in [4.69, 9.17) is 10.5 Å². The van der Waals surface area contributed by atoms with E-state index in [1.54, 1.807) is 4.90 Å². The van der Waals surface area contributed by atoms with Crippen molar-refractivity contribution in [3.8, 4) is 0 Å². The molecule has 1 amide bonds. The Morgan fingerprint density at radius 2 is 2.11 bits per heavy atom. The predicted octanol–water partition coefficient (Wildman–Crippen LogP) is 1.16. The summed E-state index contributed by atoms with van der Waals surface area (Å²) >= 11 is 0. The van der Waals surface area contributed by atoms with Gasteiger partial charge in [-0.15, -0.1) is 0 Å². The summed E-state index contributed by atoms with van der Waals surface area (Å²) in [5, 5.41) is 0. The van der Waals surface area contributed by atoms with Crippen LogP contribution >= 0.6 is 0 Å². The van der Waals surface area contributed by atoms with Crippen molar-refractivity contribution in [1.29, 1.82) is 0 Å². The second-order valence-electron chi connectivity index (χ2n) is 5.70. The highest BCUT2D eigenvalue weighted by Gasteiger charge is 2.35. The number of rotatable bonds is 6. The Balaban J connectivity index is 2.58. The molecule has 110 valence electrons. The van der Waals surface area contributed by atoms with E-state index >= 15 is 0 Å². The van der Waals surface area contributed by atoms with Crippen LogP contribution in [0.15, 0.2) is 0 Å². The third kappa shape index (κ3) is 4.49. The van der Waals surface area contributed by atoms with E-state index < -0.39 is 6.04 Å². The van der Waals surface area contributed by atoms with Gasteiger partial charge in [0.25, 0.3) is 0 Å². The summed E-state index contributed by atoms with van der Waals surface area (Å²) in [6.07, 6.45) is 2.94. The highest BCUT2D eigenvalue weighted by atomic mass is 16.5. The van der Waals surface area contributed by atoms with Gasteiger partial charge in [0.1, 0.15) is 6.04 Å². The van der Waals surface area contributed by atoms with Crippen LogP contribution in [0.2, 0.25) is 0 Å². The summed E-state index contributed by atoms with van der Waals surface area (Å²) in [4.78, 5) is 25.6. The largest absolute Gasteiger partial charge is 0.467 e. The van der Waals surface area contributed by atoms with Gasteiger partial charge in [0.15, 0.2) is 0 Å². The first-order valence-electron chi connectivity index (χ1n) is 7.07. The first kappa shape index (κ1) is 16.0. The Bertz CT molecular complexity index is 318. The molecule has 2 N–H and O–H groups in total. The number of ether oxygens (including phenoxy) is 1. The summed E-state index contributed by atoms with van der Waals surface area (Å²) in [6.45, 7) is 5.42. The lowest BCUT2D eigenvalue weighted by Gasteiger charge is -2.25. The molecule has 0 aliphatic carbocycles. The number of nitrogens with two attached hydrogens (primary N) is 1. The van der Waals surface area contributed by atoms with Crippen LogP contribution in [0.1, 0.15) is 39.5 Å². The van der Waals surface area contributed by atoms with Gasteiger partial charge in [0.2, 0.25) is 5.91 Å². The number of carbonyl (C=O) groups is 2. The molecular formula is C14H26N2O3. The van der Waals surface area contributed by atoms with Crippen LogP contribution in [0, 0.1) is 11.8 Å². The monoisotopic (exact) mass is 270 g/mol. The summed E-state index contributed by atoms with van der Waals surface area (Å²) in [5.74, 6) is 0.450. The first-order chi connectivity index (χ1) is 8.99. The molecular weight excluding hydrogens is 244 g/mol. The van der Waals surface area contributed by atoms with Crippen molar-refractivity contribution in [3.05, 3.63) is 0 Å². The van der Waals surface area contributed by atoms with E-state index in [9.17, 15) is 9.59 Å². The maximum atomic E-state index is 12.3. The molecule has 2 unspecified atom stereocenters. The topological polar surface area (TPSA) is 72.6 Å². The normalized spacial score (nSPS) is 20.7. The van der Waals surface area contributed by atoms with Gasteiger partial charge in [-0.3, -0.25) is 4.79 Å². The van der Waals surface area contributed by atoms with Crippen LogP contribution in [0.4, 0.5) is 0 Å². The Labute approximate surface area is 115 Å². The standard InChI is InChI=1S/C14H26N2O3/c1-10(2)7-11(9-15)8-13(17)16-6-4-5-12(16)14(18)19-3/h10-12H,4-9,15H2,1-3H3. The number of nitrogens with zero attached hydrogens (tertiary/aromatic N) is 1. The van der Waals surface area contributed by atoms with Crippen molar-refractivity contribution in [2.75, 3.05) is 20.2 Å². The summed E-state index contributed by atoms with van der Waals surface area (Å²) < 4.78 is 4.75. The van der Waals surface area contributed by atoms with E-state index in [1.165, 1.54) is 7.11 Å². The van der Waals surface area contributed by atoms with Crippen molar-refractivity contribution >= 4 is 11.9 Å². The second kappa shape index (κ2) is 7.48. The van der Waals surface area contributed by atoms with Gasteiger partial charge in [0, 0.05) is 13.0 Å². The predicted molar refractivity (Wildman–Crippen MR) is 73.4 cm³/mol. The molecule has 5 nitrogen and oxygen atoms in total. The number of carbonyl (C=O) groups excluding carboxylic acids is 2.